The maximum Gasteiger partial charge on any atom is 0.222 e. The van der Waals surface area contributed by atoms with Crippen LogP contribution in [0.3, 0.4) is 0 Å². The zero-order chi connectivity index (χ0) is 10.8. The van der Waals surface area contributed by atoms with E-state index in [9.17, 15) is 9.90 Å². The van der Waals surface area contributed by atoms with Crippen molar-refractivity contribution in [1.29, 1.82) is 0 Å². The van der Waals surface area contributed by atoms with Gasteiger partial charge in [0, 0.05) is 5.92 Å². The van der Waals surface area contributed by atoms with E-state index in [1.165, 1.54) is 0 Å². The smallest absolute Gasteiger partial charge is 0.222 e. The molecule has 0 unspecified atom stereocenters. The van der Waals surface area contributed by atoms with Crippen molar-refractivity contribution in [3.63, 3.8) is 0 Å². The maximum absolute atomic E-state index is 11.5. The number of hydrogen-bond donors (Lipinski definition) is 2. The van der Waals surface area contributed by atoms with Crippen molar-refractivity contribution < 1.29 is 9.90 Å². The summed E-state index contributed by atoms with van der Waals surface area (Å²) in [5.41, 5.74) is -0.719. The Bertz CT molecular complexity index is 211. The van der Waals surface area contributed by atoms with Crippen LogP contribution in [0.4, 0.5) is 0 Å². The quantitative estimate of drug-likeness (QED) is 0.707. The summed E-state index contributed by atoms with van der Waals surface area (Å²) in [6, 6.07) is -0.0637. The van der Waals surface area contributed by atoms with Gasteiger partial charge in [-0.2, -0.15) is 0 Å². The fraction of sp³-hybridized carbons (Fsp3) is 0.909. The molecule has 3 heteroatoms. The minimum atomic E-state index is -0.719. The molecule has 0 bridgehead atoms. The van der Waals surface area contributed by atoms with E-state index in [0.29, 0.717) is 0 Å². The van der Waals surface area contributed by atoms with E-state index in [-0.39, 0.29) is 17.9 Å². The lowest BCUT2D eigenvalue weighted by molar-refractivity contribution is -0.127. The van der Waals surface area contributed by atoms with Crippen LogP contribution in [0.2, 0.25) is 0 Å². The van der Waals surface area contributed by atoms with Crippen LogP contribution < -0.4 is 5.32 Å². The van der Waals surface area contributed by atoms with Crippen molar-refractivity contribution in [2.75, 3.05) is 0 Å². The average molecular weight is 199 g/mol. The van der Waals surface area contributed by atoms with E-state index in [1.54, 1.807) is 0 Å². The highest BCUT2D eigenvalue weighted by Gasteiger charge is 2.35. The predicted octanol–water partition coefficient (Wildman–Crippen LogP) is 1.45. The first-order valence-corrected chi connectivity index (χ1v) is 5.46. The summed E-state index contributed by atoms with van der Waals surface area (Å²) >= 11 is 0. The Morgan fingerprint density at radius 1 is 1.50 bits per heavy atom. The zero-order valence-corrected chi connectivity index (χ0v) is 9.34. The fourth-order valence-corrected chi connectivity index (χ4v) is 1.88. The third-order valence-corrected chi connectivity index (χ3v) is 3.02. The van der Waals surface area contributed by atoms with E-state index in [2.05, 4.69) is 5.32 Å². The zero-order valence-electron chi connectivity index (χ0n) is 9.34. The van der Waals surface area contributed by atoms with E-state index in [4.69, 9.17) is 0 Å². The number of carbonyl (C=O) groups is 1. The molecule has 0 radical (unpaired) electrons. The van der Waals surface area contributed by atoms with Crippen molar-refractivity contribution in [1.82, 2.24) is 5.32 Å². The van der Waals surface area contributed by atoms with Gasteiger partial charge in [0.15, 0.2) is 0 Å². The molecule has 0 heterocycles. The average Bonchev–Trinajstić information content (AvgIpc) is 2.08. The second-order valence-corrected chi connectivity index (χ2v) is 4.82. The number of hydrogen-bond acceptors (Lipinski definition) is 2. The van der Waals surface area contributed by atoms with Gasteiger partial charge in [-0.25, -0.2) is 0 Å². The summed E-state index contributed by atoms with van der Waals surface area (Å²) in [4.78, 5) is 11.5. The molecule has 0 aromatic heterocycles. The standard InChI is InChI=1S/C11H21NO2/c1-8(2)10(13)12-9-6-4-5-7-11(9,3)14/h8-9,14H,4-7H2,1-3H3,(H,12,13)/t9-,11-/m1/s1. The van der Waals surface area contributed by atoms with Crippen LogP contribution in [0, 0.1) is 5.92 Å². The Labute approximate surface area is 85.9 Å². The highest BCUT2D eigenvalue weighted by Crippen LogP contribution is 2.28. The van der Waals surface area contributed by atoms with Crippen molar-refractivity contribution >= 4 is 5.91 Å². The Morgan fingerprint density at radius 3 is 2.64 bits per heavy atom. The SMILES string of the molecule is CC(C)C(=O)N[C@@H]1CCCC[C@@]1(C)O. The number of nitrogens with one attached hydrogen (secondary N) is 1. The third-order valence-electron chi connectivity index (χ3n) is 3.02. The highest BCUT2D eigenvalue weighted by molar-refractivity contribution is 5.78. The monoisotopic (exact) mass is 199 g/mol. The van der Waals surface area contributed by atoms with Crippen molar-refractivity contribution in [2.45, 2.75) is 58.1 Å². The van der Waals surface area contributed by atoms with Crippen LogP contribution in [0.5, 0.6) is 0 Å². The van der Waals surface area contributed by atoms with E-state index in [0.717, 1.165) is 25.7 Å². The fourth-order valence-electron chi connectivity index (χ4n) is 1.88. The molecular formula is C11H21NO2. The van der Waals surface area contributed by atoms with E-state index in [1.807, 2.05) is 20.8 Å². The van der Waals surface area contributed by atoms with Gasteiger partial charge in [-0.05, 0) is 19.8 Å². The molecule has 1 rings (SSSR count). The van der Waals surface area contributed by atoms with Gasteiger partial charge in [-0.15, -0.1) is 0 Å². The Balaban J connectivity index is 2.54. The first-order chi connectivity index (χ1) is 6.43. The summed E-state index contributed by atoms with van der Waals surface area (Å²) in [5.74, 6) is 0.0323. The number of aliphatic hydroxyl groups is 1. The normalized spacial score (nSPS) is 33.1. The topological polar surface area (TPSA) is 49.3 Å². The molecule has 14 heavy (non-hydrogen) atoms. The van der Waals surface area contributed by atoms with Crippen LogP contribution in [0.15, 0.2) is 0 Å². The van der Waals surface area contributed by atoms with E-state index >= 15 is 0 Å². The molecule has 1 amide bonds. The molecule has 1 aliphatic rings. The van der Waals surface area contributed by atoms with Gasteiger partial charge >= 0.3 is 0 Å². The highest BCUT2D eigenvalue weighted by atomic mass is 16.3. The lowest BCUT2D eigenvalue weighted by Crippen LogP contribution is -2.53. The van der Waals surface area contributed by atoms with Gasteiger partial charge in [-0.3, -0.25) is 4.79 Å². The number of carbonyl (C=O) groups excluding carboxylic acids is 1. The Morgan fingerprint density at radius 2 is 2.14 bits per heavy atom. The summed E-state index contributed by atoms with van der Waals surface area (Å²) in [6.45, 7) is 5.55. The molecule has 0 aromatic carbocycles. The number of amides is 1. The Kier molecular flexibility index (Phi) is 3.53. The van der Waals surface area contributed by atoms with Crippen LogP contribution in [0.25, 0.3) is 0 Å². The third kappa shape index (κ3) is 2.71. The van der Waals surface area contributed by atoms with Gasteiger partial charge < -0.3 is 10.4 Å². The number of rotatable bonds is 2. The molecule has 0 aromatic rings. The summed E-state index contributed by atoms with van der Waals surface area (Å²) in [5, 5.41) is 13.0. The Hall–Kier alpha value is -0.570. The van der Waals surface area contributed by atoms with Crippen LogP contribution in [-0.2, 0) is 4.79 Å². The second-order valence-electron chi connectivity index (χ2n) is 4.82. The molecule has 2 atom stereocenters. The lowest BCUT2D eigenvalue weighted by Gasteiger charge is -2.37. The lowest BCUT2D eigenvalue weighted by atomic mass is 9.81. The molecule has 1 saturated carbocycles. The van der Waals surface area contributed by atoms with Gasteiger partial charge in [0.05, 0.1) is 11.6 Å². The molecule has 0 spiro atoms. The minimum absolute atomic E-state index is 0.00673. The summed E-state index contributed by atoms with van der Waals surface area (Å²) < 4.78 is 0. The van der Waals surface area contributed by atoms with Crippen molar-refractivity contribution in [3.05, 3.63) is 0 Å². The predicted molar refractivity (Wildman–Crippen MR) is 55.9 cm³/mol. The molecule has 0 saturated heterocycles. The van der Waals surface area contributed by atoms with Gasteiger partial charge in [-0.1, -0.05) is 26.7 Å². The molecule has 1 fully saturated rings. The molecule has 82 valence electrons. The molecular weight excluding hydrogens is 178 g/mol. The van der Waals surface area contributed by atoms with Crippen LogP contribution >= 0.6 is 0 Å². The maximum atomic E-state index is 11.5. The molecule has 3 nitrogen and oxygen atoms in total. The van der Waals surface area contributed by atoms with E-state index < -0.39 is 5.60 Å². The minimum Gasteiger partial charge on any atom is -0.388 e. The summed E-state index contributed by atoms with van der Waals surface area (Å²) in [7, 11) is 0. The first kappa shape index (κ1) is 11.5. The van der Waals surface area contributed by atoms with Crippen molar-refractivity contribution in [2.24, 2.45) is 5.92 Å². The van der Waals surface area contributed by atoms with Crippen molar-refractivity contribution in [3.8, 4) is 0 Å². The van der Waals surface area contributed by atoms with Crippen LogP contribution in [-0.4, -0.2) is 22.7 Å². The largest absolute Gasteiger partial charge is 0.388 e. The second kappa shape index (κ2) is 4.30. The molecule has 1 aliphatic carbocycles. The van der Waals surface area contributed by atoms with Crippen LogP contribution in [0.1, 0.15) is 46.5 Å². The first-order valence-electron chi connectivity index (χ1n) is 5.46. The van der Waals surface area contributed by atoms with Gasteiger partial charge in [0.2, 0.25) is 5.91 Å². The molecule has 2 N–H and O–H groups in total. The summed E-state index contributed by atoms with van der Waals surface area (Å²) in [6.07, 6.45) is 3.84. The van der Waals surface area contributed by atoms with Gasteiger partial charge in [0.25, 0.3) is 0 Å². The molecule has 0 aliphatic heterocycles. The van der Waals surface area contributed by atoms with Gasteiger partial charge in [0.1, 0.15) is 0 Å².